The molecule has 0 aromatic rings. The van der Waals surface area contributed by atoms with Crippen molar-refractivity contribution in [3.63, 3.8) is 0 Å². The summed E-state index contributed by atoms with van der Waals surface area (Å²) in [5.41, 5.74) is -1.41. The van der Waals surface area contributed by atoms with E-state index in [1.54, 1.807) is 21.3 Å². The molecule has 8 nitrogen and oxygen atoms in total. The molecule has 0 fully saturated rings. The number of hydrogen-bond donors (Lipinski definition) is 1. The van der Waals surface area contributed by atoms with E-state index in [0.29, 0.717) is 31.9 Å². The van der Waals surface area contributed by atoms with Gasteiger partial charge < -0.3 is 40.2 Å². The van der Waals surface area contributed by atoms with Gasteiger partial charge in [-0.15, -0.1) is 0 Å². The third-order valence-electron chi connectivity index (χ3n) is 5.80. The topological polar surface area (TPSA) is 83.1 Å². The number of halogens is 1. The fraction of sp³-hybridized carbons (Fsp3) is 0.909. The van der Waals surface area contributed by atoms with E-state index in [1.165, 1.54) is 0 Å². The van der Waals surface area contributed by atoms with Crippen molar-refractivity contribution in [3.8, 4) is 0 Å². The molecule has 0 aliphatic carbocycles. The van der Waals surface area contributed by atoms with Gasteiger partial charge in [-0.05, 0) is 26.2 Å². The number of nitrogens with one attached hydrogen (secondary N) is 1. The Bertz CT molecular complexity index is 559. The first-order valence-electron chi connectivity index (χ1n) is 11.1. The van der Waals surface area contributed by atoms with Crippen molar-refractivity contribution in [2.75, 3.05) is 62.2 Å². The van der Waals surface area contributed by atoms with Crippen molar-refractivity contribution in [1.29, 1.82) is 0 Å². The van der Waals surface area contributed by atoms with Gasteiger partial charge in [-0.25, -0.2) is 0 Å². The highest BCUT2D eigenvalue weighted by Gasteiger charge is 2.42. The second-order valence-electron chi connectivity index (χ2n) is 10.1. The summed E-state index contributed by atoms with van der Waals surface area (Å²) in [7, 11) is 8.42. The lowest BCUT2D eigenvalue weighted by Gasteiger charge is -2.34. The van der Waals surface area contributed by atoms with Crippen LogP contribution >= 0.6 is 0 Å². The van der Waals surface area contributed by atoms with Crippen LogP contribution in [0.15, 0.2) is 0 Å². The molecule has 0 aromatic carbocycles. The number of carbonyl (C=O) groups excluding carboxylic acids is 2. The van der Waals surface area contributed by atoms with E-state index in [0.717, 1.165) is 17.4 Å². The molecule has 1 atom stereocenters. The molecule has 0 bridgehead atoms. The monoisotopic (exact) mass is 498 g/mol. The van der Waals surface area contributed by atoms with Crippen LogP contribution in [0.5, 0.6) is 0 Å². The van der Waals surface area contributed by atoms with E-state index >= 15 is 0 Å². The molecule has 0 rings (SSSR count). The fourth-order valence-corrected chi connectivity index (χ4v) is 5.27. The number of carbonyl (C=O) groups is 2. The van der Waals surface area contributed by atoms with Crippen LogP contribution in [-0.2, 0) is 27.6 Å². The number of amides is 1. The van der Waals surface area contributed by atoms with Gasteiger partial charge >= 0.3 is 14.8 Å². The molecule has 0 radical (unpaired) electrons. The van der Waals surface area contributed by atoms with Crippen LogP contribution in [0.3, 0.4) is 0 Å². The summed E-state index contributed by atoms with van der Waals surface area (Å²) in [5.74, 6) is -0.308. The Morgan fingerprint density at radius 1 is 0.969 bits per heavy atom. The molecule has 192 valence electrons. The summed E-state index contributed by atoms with van der Waals surface area (Å²) >= 11 is 0. The molecule has 0 aromatic heterocycles. The molecule has 32 heavy (non-hydrogen) atoms. The third-order valence-corrected chi connectivity index (χ3v) is 8.64. The van der Waals surface area contributed by atoms with Gasteiger partial charge in [0, 0.05) is 45.8 Å². The number of nitrogens with zero attached hydrogens (tertiary/aromatic N) is 1. The van der Waals surface area contributed by atoms with Gasteiger partial charge in [-0.3, -0.25) is 9.59 Å². The van der Waals surface area contributed by atoms with Crippen LogP contribution in [0.2, 0.25) is 6.04 Å². The summed E-state index contributed by atoms with van der Waals surface area (Å²) in [6.45, 7) is 9.48. The van der Waals surface area contributed by atoms with Crippen molar-refractivity contribution in [2.45, 2.75) is 59.4 Å². The van der Waals surface area contributed by atoms with E-state index in [4.69, 9.17) is 18.0 Å². The highest BCUT2D eigenvalue weighted by molar-refractivity contribution is 6.60. The first kappa shape index (κ1) is 33.5. The number of quaternary nitrogens is 1. The summed E-state index contributed by atoms with van der Waals surface area (Å²) in [4.78, 5) is 25.6. The fourth-order valence-electron chi connectivity index (χ4n) is 3.58. The minimum Gasteiger partial charge on any atom is -1.00 e. The predicted octanol–water partition coefficient (Wildman–Crippen LogP) is -0.153. The summed E-state index contributed by atoms with van der Waals surface area (Å²) in [6, 6.07) is 0.563. The maximum absolute atomic E-state index is 12.9. The molecular weight excluding hydrogens is 452 g/mol. The number of ether oxygens (including phenoxy) is 1. The van der Waals surface area contributed by atoms with Gasteiger partial charge in [0.05, 0.1) is 39.7 Å². The van der Waals surface area contributed by atoms with Crippen LogP contribution in [-0.4, -0.2) is 87.3 Å². The van der Waals surface area contributed by atoms with Crippen LogP contribution in [0.1, 0.15) is 53.4 Å². The van der Waals surface area contributed by atoms with E-state index in [1.807, 2.05) is 27.7 Å². The molecule has 0 aliphatic heterocycles. The molecule has 0 saturated heterocycles. The Hall–Kier alpha value is -0.713. The van der Waals surface area contributed by atoms with Crippen LogP contribution in [0.25, 0.3) is 0 Å². The molecule has 1 amide bonds. The van der Waals surface area contributed by atoms with E-state index in [-0.39, 0.29) is 30.9 Å². The Morgan fingerprint density at radius 3 is 1.94 bits per heavy atom. The zero-order valence-electron chi connectivity index (χ0n) is 21.9. The zero-order valence-corrected chi connectivity index (χ0v) is 23.7. The van der Waals surface area contributed by atoms with Crippen LogP contribution in [0.4, 0.5) is 0 Å². The Labute approximate surface area is 203 Å². The summed E-state index contributed by atoms with van der Waals surface area (Å²) < 4.78 is 22.6. The predicted molar refractivity (Wildman–Crippen MR) is 124 cm³/mol. The standard InChI is InChI=1S/C22H46N2O6Si.ClH/c1-11-22(4,20(26)30-16-13-17-31(27-8,28-9)29-10)18-21(2,3)19(25)23-14-12-15-24(5,6)7;/h11-18H2,1-10H3;1H. The number of esters is 1. The average Bonchev–Trinajstić information content (AvgIpc) is 2.70. The molecule has 0 heterocycles. The summed E-state index contributed by atoms with van der Waals surface area (Å²) in [6.07, 6.45) is 2.51. The van der Waals surface area contributed by atoms with Gasteiger partial charge in [0.15, 0.2) is 0 Å². The Morgan fingerprint density at radius 2 is 1.50 bits per heavy atom. The number of rotatable bonds is 16. The second kappa shape index (κ2) is 14.5. The van der Waals surface area contributed by atoms with Crippen molar-refractivity contribution in [1.82, 2.24) is 5.32 Å². The molecule has 10 heteroatoms. The summed E-state index contributed by atoms with van der Waals surface area (Å²) in [5, 5.41) is 3.03. The van der Waals surface area contributed by atoms with Gasteiger partial charge in [0.25, 0.3) is 0 Å². The molecule has 1 unspecified atom stereocenters. The highest BCUT2D eigenvalue weighted by Crippen LogP contribution is 2.38. The first-order chi connectivity index (χ1) is 14.2. The number of hydrogen-bond acceptors (Lipinski definition) is 6. The quantitative estimate of drug-likeness (QED) is 0.138. The lowest BCUT2D eigenvalue weighted by molar-refractivity contribution is -0.870. The molecule has 0 spiro atoms. The van der Waals surface area contributed by atoms with Crippen LogP contribution < -0.4 is 17.7 Å². The molecule has 0 saturated carbocycles. The van der Waals surface area contributed by atoms with Gasteiger partial charge in [0.2, 0.25) is 5.91 Å². The van der Waals surface area contributed by atoms with Crippen molar-refractivity contribution >= 4 is 20.7 Å². The zero-order chi connectivity index (χ0) is 24.3. The van der Waals surface area contributed by atoms with Crippen molar-refractivity contribution in [3.05, 3.63) is 0 Å². The largest absolute Gasteiger partial charge is 1.00 e. The lowest BCUT2D eigenvalue weighted by atomic mass is 9.72. The normalized spacial score (nSPS) is 14.3. The first-order valence-corrected chi connectivity index (χ1v) is 13.1. The van der Waals surface area contributed by atoms with E-state index in [2.05, 4.69) is 26.5 Å². The van der Waals surface area contributed by atoms with Crippen molar-refractivity contribution in [2.24, 2.45) is 10.8 Å². The Kier molecular flexibility index (Phi) is 15.2. The van der Waals surface area contributed by atoms with Gasteiger partial charge in [-0.1, -0.05) is 20.8 Å². The van der Waals surface area contributed by atoms with E-state index < -0.39 is 19.6 Å². The highest BCUT2D eigenvalue weighted by atomic mass is 35.5. The molecular formula is C22H47ClN2O6Si. The smallest absolute Gasteiger partial charge is 0.500 e. The van der Waals surface area contributed by atoms with Gasteiger partial charge in [0.1, 0.15) is 0 Å². The minimum absolute atomic E-state index is 0. The van der Waals surface area contributed by atoms with Crippen LogP contribution in [0, 0.1) is 10.8 Å². The van der Waals surface area contributed by atoms with Crippen molar-refractivity contribution < 1.29 is 44.5 Å². The average molecular weight is 499 g/mol. The molecule has 1 N–H and O–H groups in total. The SMILES string of the molecule is CCC(C)(CC(C)(C)C(=O)NCCC[N+](C)(C)C)C(=O)OCCC[Si](OC)(OC)OC.[Cl-]. The lowest BCUT2D eigenvalue weighted by Crippen LogP contribution is -3.00. The van der Waals surface area contributed by atoms with E-state index in [9.17, 15) is 9.59 Å². The van der Waals surface area contributed by atoms with Gasteiger partial charge in [-0.2, -0.15) is 0 Å². The Balaban J connectivity index is 0. The molecule has 0 aliphatic rings. The second-order valence-corrected chi connectivity index (χ2v) is 13.2. The third kappa shape index (κ3) is 11.4. The minimum atomic E-state index is -2.67. The maximum Gasteiger partial charge on any atom is 0.500 e. The maximum atomic E-state index is 12.9.